The van der Waals surface area contributed by atoms with Crippen LogP contribution in [0.3, 0.4) is 0 Å². The first-order valence-corrected chi connectivity index (χ1v) is 5.64. The van der Waals surface area contributed by atoms with E-state index in [1.807, 2.05) is 0 Å². The monoisotopic (exact) mass is 258 g/mol. The van der Waals surface area contributed by atoms with Crippen molar-refractivity contribution in [2.45, 2.75) is 0 Å². The number of Topliss-reactive ketones (excluding diaryl/α,β-unsaturated/α-hetero) is 1. The number of hydrogen-bond acceptors (Lipinski definition) is 3. The van der Waals surface area contributed by atoms with E-state index in [1.165, 1.54) is 12.3 Å². The lowest BCUT2D eigenvalue weighted by Crippen LogP contribution is -2.30. The second-order valence-corrected chi connectivity index (χ2v) is 3.83. The molecule has 2 aromatic rings. The van der Waals surface area contributed by atoms with Crippen molar-refractivity contribution in [3.8, 4) is 0 Å². The number of halogens is 1. The summed E-state index contributed by atoms with van der Waals surface area (Å²) < 4.78 is 13.3. The number of aromatic nitrogens is 1. The van der Waals surface area contributed by atoms with Gasteiger partial charge in [-0.05, 0) is 6.07 Å². The molecule has 5 heteroatoms. The first-order valence-electron chi connectivity index (χ1n) is 5.64. The van der Waals surface area contributed by atoms with Crippen LogP contribution < -0.4 is 5.32 Å². The lowest BCUT2D eigenvalue weighted by Gasteiger charge is -2.05. The van der Waals surface area contributed by atoms with Gasteiger partial charge in [0.05, 0.1) is 18.3 Å². The summed E-state index contributed by atoms with van der Waals surface area (Å²) >= 11 is 0. The first-order chi connectivity index (χ1) is 9.18. The molecule has 0 atom stereocenters. The Morgan fingerprint density at radius 3 is 2.58 bits per heavy atom. The van der Waals surface area contributed by atoms with E-state index in [2.05, 4.69) is 10.3 Å². The predicted octanol–water partition coefficient (Wildman–Crippen LogP) is 1.83. The van der Waals surface area contributed by atoms with Crippen molar-refractivity contribution in [1.82, 2.24) is 10.3 Å². The minimum Gasteiger partial charge on any atom is -0.344 e. The van der Waals surface area contributed by atoms with Crippen molar-refractivity contribution in [2.24, 2.45) is 0 Å². The van der Waals surface area contributed by atoms with E-state index < -0.39 is 11.7 Å². The highest BCUT2D eigenvalue weighted by Gasteiger charge is 2.12. The number of rotatable bonds is 4. The molecule has 0 radical (unpaired) electrons. The topological polar surface area (TPSA) is 59.1 Å². The summed E-state index contributed by atoms with van der Waals surface area (Å²) in [4.78, 5) is 27.0. The van der Waals surface area contributed by atoms with Crippen molar-refractivity contribution in [3.05, 3.63) is 65.7 Å². The molecule has 96 valence electrons. The fraction of sp³-hybridized carbons (Fsp3) is 0.0714. The number of nitrogens with one attached hydrogen (secondary N) is 1. The van der Waals surface area contributed by atoms with Gasteiger partial charge in [-0.3, -0.25) is 14.6 Å². The van der Waals surface area contributed by atoms with E-state index >= 15 is 0 Å². The van der Waals surface area contributed by atoms with Crippen molar-refractivity contribution in [1.29, 1.82) is 0 Å². The molecule has 4 nitrogen and oxygen atoms in total. The number of amides is 1. The van der Waals surface area contributed by atoms with E-state index in [1.54, 1.807) is 30.3 Å². The molecule has 0 aliphatic carbocycles. The standard InChI is InChI=1S/C14H11FN2O2/c15-12-8-16-7-6-11(12)14(19)17-9-13(18)10-4-2-1-3-5-10/h1-8H,9H2,(H,17,19). The Hall–Kier alpha value is -2.56. The molecular formula is C14H11FN2O2. The minimum absolute atomic E-state index is 0.129. The average Bonchev–Trinajstić information content (AvgIpc) is 2.46. The Kier molecular flexibility index (Phi) is 3.97. The van der Waals surface area contributed by atoms with Crippen LogP contribution in [0.1, 0.15) is 20.7 Å². The lowest BCUT2D eigenvalue weighted by molar-refractivity contribution is 0.0901. The zero-order valence-corrected chi connectivity index (χ0v) is 9.97. The summed E-state index contributed by atoms with van der Waals surface area (Å²) in [5.41, 5.74) is 0.369. The van der Waals surface area contributed by atoms with Gasteiger partial charge in [-0.1, -0.05) is 30.3 Å². The Morgan fingerprint density at radius 1 is 1.16 bits per heavy atom. The van der Waals surface area contributed by atoms with Crippen LogP contribution in [0.15, 0.2) is 48.8 Å². The molecule has 0 aliphatic rings. The number of carbonyl (C=O) groups is 2. The highest BCUT2D eigenvalue weighted by Crippen LogP contribution is 2.04. The molecule has 1 aromatic carbocycles. The normalized spacial score (nSPS) is 9.95. The highest BCUT2D eigenvalue weighted by molar-refractivity contribution is 6.02. The Balaban J connectivity index is 1.98. The molecule has 0 spiro atoms. The molecule has 19 heavy (non-hydrogen) atoms. The van der Waals surface area contributed by atoms with Gasteiger partial charge in [-0.25, -0.2) is 4.39 Å². The van der Waals surface area contributed by atoms with Crippen LogP contribution in [0.4, 0.5) is 4.39 Å². The van der Waals surface area contributed by atoms with Crippen molar-refractivity contribution in [2.75, 3.05) is 6.54 Å². The number of nitrogens with zero attached hydrogens (tertiary/aromatic N) is 1. The molecule has 0 saturated heterocycles. The maximum absolute atomic E-state index is 13.3. The quantitative estimate of drug-likeness (QED) is 0.851. The van der Waals surface area contributed by atoms with E-state index in [4.69, 9.17) is 0 Å². The summed E-state index contributed by atoms with van der Waals surface area (Å²) in [6.45, 7) is -0.176. The predicted molar refractivity (Wildman–Crippen MR) is 67.3 cm³/mol. The summed E-state index contributed by atoms with van der Waals surface area (Å²) in [5, 5.41) is 2.38. The molecule has 0 fully saturated rings. The Bertz CT molecular complexity index is 599. The molecule has 0 aliphatic heterocycles. The van der Waals surface area contributed by atoms with E-state index in [0.717, 1.165) is 6.20 Å². The van der Waals surface area contributed by atoms with Crippen LogP contribution in [0.2, 0.25) is 0 Å². The third kappa shape index (κ3) is 3.22. The maximum Gasteiger partial charge on any atom is 0.254 e. The molecule has 1 aromatic heterocycles. The molecule has 0 unspecified atom stereocenters. The van der Waals surface area contributed by atoms with Gasteiger partial charge in [0, 0.05) is 11.8 Å². The van der Waals surface area contributed by atoms with E-state index in [0.29, 0.717) is 5.56 Å². The summed E-state index contributed by atoms with van der Waals surface area (Å²) in [6.07, 6.45) is 2.27. The van der Waals surface area contributed by atoms with Gasteiger partial charge in [-0.2, -0.15) is 0 Å². The third-order valence-electron chi connectivity index (χ3n) is 2.52. The van der Waals surface area contributed by atoms with Crippen molar-refractivity contribution < 1.29 is 14.0 Å². The van der Waals surface area contributed by atoms with Gasteiger partial charge in [0.25, 0.3) is 5.91 Å². The Morgan fingerprint density at radius 2 is 1.89 bits per heavy atom. The number of carbonyl (C=O) groups excluding carboxylic acids is 2. The van der Waals surface area contributed by atoms with Crippen LogP contribution >= 0.6 is 0 Å². The molecule has 2 rings (SSSR count). The van der Waals surface area contributed by atoms with E-state index in [-0.39, 0.29) is 17.9 Å². The fourth-order valence-electron chi connectivity index (χ4n) is 1.54. The maximum atomic E-state index is 13.3. The van der Waals surface area contributed by atoms with E-state index in [9.17, 15) is 14.0 Å². The van der Waals surface area contributed by atoms with Crippen LogP contribution in [0.25, 0.3) is 0 Å². The fourth-order valence-corrected chi connectivity index (χ4v) is 1.54. The van der Waals surface area contributed by atoms with Gasteiger partial charge in [0.2, 0.25) is 0 Å². The van der Waals surface area contributed by atoms with Crippen LogP contribution in [0, 0.1) is 5.82 Å². The summed E-state index contributed by atoms with van der Waals surface area (Å²) in [5.74, 6) is -1.58. The smallest absolute Gasteiger partial charge is 0.254 e. The van der Waals surface area contributed by atoms with Gasteiger partial charge < -0.3 is 5.32 Å². The van der Waals surface area contributed by atoms with Crippen molar-refractivity contribution in [3.63, 3.8) is 0 Å². The van der Waals surface area contributed by atoms with Crippen LogP contribution in [0.5, 0.6) is 0 Å². The molecule has 0 bridgehead atoms. The van der Waals surface area contributed by atoms with Crippen LogP contribution in [-0.4, -0.2) is 23.2 Å². The zero-order valence-electron chi connectivity index (χ0n) is 9.97. The summed E-state index contributed by atoms with van der Waals surface area (Å²) in [6, 6.07) is 9.83. The average molecular weight is 258 g/mol. The van der Waals surface area contributed by atoms with Gasteiger partial charge >= 0.3 is 0 Å². The van der Waals surface area contributed by atoms with Gasteiger partial charge in [-0.15, -0.1) is 0 Å². The SMILES string of the molecule is O=C(CNC(=O)c1ccncc1F)c1ccccc1. The minimum atomic E-state index is -0.716. The Labute approximate surface area is 109 Å². The number of hydrogen-bond donors (Lipinski definition) is 1. The molecule has 1 N–H and O–H groups in total. The number of benzene rings is 1. The largest absolute Gasteiger partial charge is 0.344 e. The third-order valence-corrected chi connectivity index (χ3v) is 2.52. The molecule has 1 heterocycles. The van der Waals surface area contributed by atoms with Crippen molar-refractivity contribution >= 4 is 11.7 Å². The molecule has 0 saturated carbocycles. The number of pyridine rings is 1. The van der Waals surface area contributed by atoms with Gasteiger partial charge in [0.15, 0.2) is 11.6 Å². The lowest BCUT2D eigenvalue weighted by atomic mass is 10.1. The molecular weight excluding hydrogens is 247 g/mol. The molecule has 1 amide bonds. The van der Waals surface area contributed by atoms with Gasteiger partial charge in [0.1, 0.15) is 0 Å². The zero-order chi connectivity index (χ0) is 13.7. The van der Waals surface area contributed by atoms with Crippen LogP contribution in [-0.2, 0) is 0 Å². The highest BCUT2D eigenvalue weighted by atomic mass is 19.1. The summed E-state index contributed by atoms with van der Waals surface area (Å²) in [7, 11) is 0. The first kappa shape index (κ1) is 12.9. The number of ketones is 1. The second-order valence-electron chi connectivity index (χ2n) is 3.83. The second kappa shape index (κ2) is 5.86.